The summed E-state index contributed by atoms with van der Waals surface area (Å²) >= 11 is 1.75. The lowest BCUT2D eigenvalue weighted by Crippen LogP contribution is -2.33. The lowest BCUT2D eigenvalue weighted by atomic mass is 9.77. The third-order valence-corrected chi connectivity index (χ3v) is 6.15. The minimum Gasteiger partial charge on any atom is -0.323 e. The molecule has 160 valence electrons. The molecule has 8 heteroatoms. The van der Waals surface area contributed by atoms with Crippen LogP contribution < -0.4 is 5.32 Å². The second kappa shape index (κ2) is 7.72. The number of anilines is 1. The number of halogens is 5. The van der Waals surface area contributed by atoms with Crippen molar-refractivity contribution in [2.75, 3.05) is 5.32 Å². The van der Waals surface area contributed by atoms with Crippen LogP contribution in [-0.2, 0) is 10.2 Å². The molecule has 3 rings (SSSR count). The molecule has 2 aromatic carbocycles. The maximum absolute atomic E-state index is 13.7. The molecule has 0 aliphatic carbocycles. The summed E-state index contributed by atoms with van der Waals surface area (Å²) in [5, 5.41) is 2.56. The molecule has 1 N–H and O–H groups in total. The molecule has 0 saturated carbocycles. The molecule has 0 bridgehead atoms. The van der Waals surface area contributed by atoms with E-state index in [4.69, 9.17) is 0 Å². The van der Waals surface area contributed by atoms with Crippen molar-refractivity contribution in [1.82, 2.24) is 0 Å². The van der Waals surface area contributed by atoms with Crippen LogP contribution in [0.3, 0.4) is 0 Å². The van der Waals surface area contributed by atoms with Crippen LogP contribution in [0.4, 0.5) is 27.6 Å². The van der Waals surface area contributed by atoms with E-state index >= 15 is 0 Å². The quantitative estimate of drug-likeness (QED) is 0.252. The number of fused-ring (bicyclic) bond motifs is 1. The predicted molar refractivity (Wildman–Crippen MR) is 108 cm³/mol. The first kappa shape index (κ1) is 22.3. The number of nitrogens with one attached hydrogen (secondary N) is 1. The van der Waals surface area contributed by atoms with Gasteiger partial charge in [0.05, 0.1) is 5.56 Å². The highest BCUT2D eigenvalue weighted by molar-refractivity contribution is 8.00. The lowest BCUT2D eigenvalue weighted by molar-refractivity contribution is -0.111. The first-order chi connectivity index (χ1) is 13.8. The van der Waals surface area contributed by atoms with Crippen LogP contribution in [-0.4, -0.2) is 10.7 Å². The molecule has 2 aromatic rings. The first-order valence-corrected chi connectivity index (χ1v) is 9.98. The molecule has 30 heavy (non-hydrogen) atoms. The van der Waals surface area contributed by atoms with Crippen molar-refractivity contribution < 1.29 is 26.7 Å². The largest absolute Gasteiger partial charge is 0.323 e. The Hall–Kier alpha value is -2.35. The minimum atomic E-state index is -2.25. The standard InChI is InChI=1S/C22H20F5NOS/c1-21(2)10-22(3,4)30-14-7-5-11(9-13(14)21)28-15(29)8-6-12-16(23)18(25)20(27)19(26)17(12)24/h5-9H,10H2,1-4H3,(H,28,29)/b8-6+. The number of hydrogen-bond acceptors (Lipinski definition) is 2. The molecule has 1 heterocycles. The second-order valence-corrected chi connectivity index (χ2v) is 10.2. The average molecular weight is 441 g/mol. The summed E-state index contributed by atoms with van der Waals surface area (Å²) in [6.45, 7) is 8.56. The van der Waals surface area contributed by atoms with Crippen LogP contribution in [0.25, 0.3) is 6.08 Å². The van der Waals surface area contributed by atoms with E-state index in [1.165, 1.54) is 0 Å². The topological polar surface area (TPSA) is 29.1 Å². The smallest absolute Gasteiger partial charge is 0.248 e. The van der Waals surface area contributed by atoms with Gasteiger partial charge in [-0.1, -0.05) is 27.7 Å². The van der Waals surface area contributed by atoms with Crippen LogP contribution >= 0.6 is 11.8 Å². The van der Waals surface area contributed by atoms with Gasteiger partial charge in [-0.3, -0.25) is 4.79 Å². The van der Waals surface area contributed by atoms with Crippen molar-refractivity contribution in [3.8, 4) is 0 Å². The van der Waals surface area contributed by atoms with Crippen molar-refractivity contribution in [3.63, 3.8) is 0 Å². The minimum absolute atomic E-state index is 0.0673. The van der Waals surface area contributed by atoms with Gasteiger partial charge in [-0.25, -0.2) is 22.0 Å². The molecule has 0 spiro atoms. The zero-order valence-electron chi connectivity index (χ0n) is 16.8. The van der Waals surface area contributed by atoms with Gasteiger partial charge in [0.15, 0.2) is 23.3 Å². The Morgan fingerprint density at radius 1 is 0.967 bits per heavy atom. The summed E-state index contributed by atoms with van der Waals surface area (Å²) < 4.78 is 67.1. The van der Waals surface area contributed by atoms with Gasteiger partial charge in [0.25, 0.3) is 0 Å². The fourth-order valence-corrected chi connectivity index (χ4v) is 5.44. The molecular formula is C22H20F5NOS. The van der Waals surface area contributed by atoms with Gasteiger partial charge in [0.1, 0.15) is 0 Å². The summed E-state index contributed by atoms with van der Waals surface area (Å²) in [7, 11) is 0. The molecule has 1 aliphatic rings. The van der Waals surface area contributed by atoms with Gasteiger partial charge in [0.2, 0.25) is 11.7 Å². The fourth-order valence-electron chi connectivity index (χ4n) is 3.83. The van der Waals surface area contributed by atoms with Gasteiger partial charge in [-0.05, 0) is 41.7 Å². The molecule has 0 radical (unpaired) electrons. The molecule has 1 aliphatic heterocycles. The third-order valence-electron chi connectivity index (χ3n) is 4.88. The van der Waals surface area contributed by atoms with E-state index in [9.17, 15) is 26.7 Å². The highest BCUT2D eigenvalue weighted by atomic mass is 32.2. The van der Waals surface area contributed by atoms with Crippen LogP contribution in [0.1, 0.15) is 45.2 Å². The fraction of sp³-hybridized carbons (Fsp3) is 0.318. The van der Waals surface area contributed by atoms with Gasteiger partial charge < -0.3 is 5.32 Å². The van der Waals surface area contributed by atoms with Crippen molar-refractivity contribution in [1.29, 1.82) is 0 Å². The molecule has 2 nitrogen and oxygen atoms in total. The Morgan fingerprint density at radius 3 is 2.13 bits per heavy atom. The Bertz CT molecular complexity index is 1030. The number of thioether (sulfide) groups is 1. The van der Waals surface area contributed by atoms with Gasteiger partial charge in [0, 0.05) is 21.4 Å². The Morgan fingerprint density at radius 2 is 1.53 bits per heavy atom. The summed E-state index contributed by atoms with van der Waals surface area (Å²) in [6, 6.07) is 5.43. The van der Waals surface area contributed by atoms with Gasteiger partial charge >= 0.3 is 0 Å². The number of rotatable bonds is 3. The van der Waals surface area contributed by atoms with Crippen LogP contribution in [0.2, 0.25) is 0 Å². The first-order valence-electron chi connectivity index (χ1n) is 9.16. The zero-order valence-corrected chi connectivity index (χ0v) is 17.6. The molecule has 1 amide bonds. The number of hydrogen-bond donors (Lipinski definition) is 1. The molecule has 0 fully saturated rings. The Kier molecular flexibility index (Phi) is 5.75. The number of benzene rings is 2. The Balaban J connectivity index is 1.84. The second-order valence-electron chi connectivity index (χ2n) is 8.44. The predicted octanol–water partition coefficient (Wildman–Crippen LogP) is 6.59. The molecule has 0 unspecified atom stereocenters. The molecular weight excluding hydrogens is 421 g/mol. The van der Waals surface area contributed by atoms with Crippen molar-refractivity contribution in [2.45, 2.75) is 49.2 Å². The van der Waals surface area contributed by atoms with Crippen molar-refractivity contribution >= 4 is 29.4 Å². The number of carbonyl (C=O) groups excluding carboxylic acids is 1. The molecule has 0 saturated heterocycles. The highest BCUT2D eigenvalue weighted by Crippen LogP contribution is 2.51. The SMILES string of the molecule is CC1(C)CC(C)(C)c2cc(NC(=O)/C=C/c3c(F)c(F)c(F)c(F)c3F)ccc2S1. The van der Waals surface area contributed by atoms with E-state index in [1.54, 1.807) is 17.8 Å². The summed E-state index contributed by atoms with van der Waals surface area (Å²) in [5.74, 6) is -11.1. The van der Waals surface area contributed by atoms with Gasteiger partial charge in [-0.2, -0.15) is 0 Å². The van der Waals surface area contributed by atoms with Crippen LogP contribution in [0.15, 0.2) is 29.2 Å². The molecule has 0 aromatic heterocycles. The van der Waals surface area contributed by atoms with E-state index in [-0.39, 0.29) is 10.2 Å². The summed E-state index contributed by atoms with van der Waals surface area (Å²) in [6.07, 6.45) is 2.21. The van der Waals surface area contributed by atoms with E-state index in [0.717, 1.165) is 23.0 Å². The normalized spacial score (nSPS) is 17.1. The monoisotopic (exact) mass is 441 g/mol. The molecule has 0 atom stereocenters. The lowest BCUT2D eigenvalue weighted by Gasteiger charge is -2.41. The number of carbonyl (C=O) groups is 1. The Labute approximate surface area is 175 Å². The number of amides is 1. The maximum atomic E-state index is 13.7. The van der Waals surface area contributed by atoms with Crippen molar-refractivity contribution in [2.24, 2.45) is 0 Å². The maximum Gasteiger partial charge on any atom is 0.248 e. The van der Waals surface area contributed by atoms with Crippen LogP contribution in [0, 0.1) is 29.1 Å². The highest BCUT2D eigenvalue weighted by Gasteiger charge is 2.38. The summed E-state index contributed by atoms with van der Waals surface area (Å²) in [4.78, 5) is 13.3. The van der Waals surface area contributed by atoms with E-state index in [1.807, 2.05) is 12.1 Å². The van der Waals surface area contributed by atoms with Crippen molar-refractivity contribution in [3.05, 3.63) is 64.5 Å². The summed E-state index contributed by atoms with van der Waals surface area (Å²) in [5.41, 5.74) is 0.227. The zero-order chi connectivity index (χ0) is 22.4. The van der Waals surface area contributed by atoms with E-state index < -0.39 is 40.6 Å². The van der Waals surface area contributed by atoms with E-state index in [0.29, 0.717) is 11.8 Å². The average Bonchev–Trinajstić information content (AvgIpc) is 2.64. The third kappa shape index (κ3) is 4.24. The van der Waals surface area contributed by atoms with E-state index in [2.05, 4.69) is 33.0 Å². The van der Waals surface area contributed by atoms with Crippen LogP contribution in [0.5, 0.6) is 0 Å². The van der Waals surface area contributed by atoms with Gasteiger partial charge in [-0.15, -0.1) is 11.8 Å².